The molecular formula is C18H17Cl3N2O5S. The van der Waals surface area contributed by atoms with Gasteiger partial charge in [0.2, 0.25) is 9.70 Å². The van der Waals surface area contributed by atoms with Crippen molar-refractivity contribution in [2.24, 2.45) is 0 Å². The summed E-state index contributed by atoms with van der Waals surface area (Å²) in [5, 5.41) is 2.34. The van der Waals surface area contributed by atoms with Gasteiger partial charge in [-0.3, -0.25) is 9.59 Å². The van der Waals surface area contributed by atoms with Crippen LogP contribution in [0.4, 0.5) is 0 Å². The van der Waals surface area contributed by atoms with Gasteiger partial charge in [0.15, 0.2) is 12.1 Å². The van der Waals surface area contributed by atoms with Crippen molar-refractivity contribution in [2.45, 2.75) is 38.8 Å². The smallest absolute Gasteiger partial charge is 0.333 e. The summed E-state index contributed by atoms with van der Waals surface area (Å²) in [4.78, 5) is 39.1. The number of β-lactam (4-membered cyclic amide) rings is 1. The number of thioether (sulfide) groups is 1. The van der Waals surface area contributed by atoms with Crippen LogP contribution in [-0.4, -0.2) is 61.4 Å². The van der Waals surface area contributed by atoms with E-state index < -0.39 is 38.6 Å². The Bertz CT molecular complexity index is 867. The zero-order valence-electron chi connectivity index (χ0n) is 15.2. The molecule has 0 bridgehead atoms. The Labute approximate surface area is 186 Å². The summed E-state index contributed by atoms with van der Waals surface area (Å²) in [5.41, 5.74) is -1.07. The predicted molar refractivity (Wildman–Crippen MR) is 109 cm³/mol. The fraction of sp³-hybridized carbons (Fsp3) is 0.500. The Kier molecular flexibility index (Phi) is 5.13. The van der Waals surface area contributed by atoms with E-state index in [-0.39, 0.29) is 17.9 Å². The molecule has 4 atom stereocenters. The highest BCUT2D eigenvalue weighted by molar-refractivity contribution is 8.02. The topological polar surface area (TPSA) is 84.9 Å². The monoisotopic (exact) mass is 478 g/mol. The van der Waals surface area contributed by atoms with Crippen LogP contribution in [0, 0.1) is 0 Å². The van der Waals surface area contributed by atoms with Gasteiger partial charge in [-0.15, -0.1) is 11.8 Å². The van der Waals surface area contributed by atoms with E-state index in [0.717, 1.165) is 0 Å². The number of nitrogens with one attached hydrogen (secondary N) is 1. The molecule has 3 unspecified atom stereocenters. The average Bonchev–Trinajstić information content (AvgIpc) is 3.20. The summed E-state index contributed by atoms with van der Waals surface area (Å²) in [7, 11) is 0. The van der Waals surface area contributed by atoms with E-state index in [2.05, 4.69) is 5.32 Å². The predicted octanol–water partition coefficient (Wildman–Crippen LogP) is 2.28. The SMILES string of the molecule is CC12CC1(C(=O)OCC(Cl)(Cl)Cl)N1C(=O)C(NC(=O)COc3ccccc3)[C@H]1S2. The molecule has 2 saturated heterocycles. The van der Waals surface area contributed by atoms with Crippen LogP contribution in [0.5, 0.6) is 5.75 Å². The molecule has 0 radical (unpaired) electrons. The second kappa shape index (κ2) is 7.11. The number of ether oxygens (including phenoxy) is 2. The second-order valence-corrected chi connectivity index (χ2v) is 11.5. The van der Waals surface area contributed by atoms with Gasteiger partial charge in [0, 0.05) is 6.42 Å². The van der Waals surface area contributed by atoms with Crippen LogP contribution in [-0.2, 0) is 19.1 Å². The molecule has 0 spiro atoms. The van der Waals surface area contributed by atoms with Gasteiger partial charge in [-0.1, -0.05) is 53.0 Å². The van der Waals surface area contributed by atoms with Gasteiger partial charge in [0.25, 0.3) is 5.91 Å². The first-order valence-electron chi connectivity index (χ1n) is 8.80. The molecule has 1 N–H and O–H groups in total. The zero-order chi connectivity index (χ0) is 21.0. The Hall–Kier alpha value is -1.35. The third-order valence-corrected chi connectivity index (χ3v) is 7.37. The summed E-state index contributed by atoms with van der Waals surface area (Å²) >= 11 is 18.4. The Morgan fingerprint density at radius 1 is 1.31 bits per heavy atom. The van der Waals surface area contributed by atoms with Crippen molar-refractivity contribution >= 4 is 64.3 Å². The first-order valence-corrected chi connectivity index (χ1v) is 10.8. The summed E-state index contributed by atoms with van der Waals surface area (Å²) < 4.78 is 8.34. The quantitative estimate of drug-likeness (QED) is 0.383. The van der Waals surface area contributed by atoms with E-state index in [1.165, 1.54) is 16.7 Å². The average molecular weight is 480 g/mol. The maximum absolute atomic E-state index is 12.7. The van der Waals surface area contributed by atoms with E-state index >= 15 is 0 Å². The third-order valence-electron chi connectivity index (χ3n) is 5.31. The molecule has 2 aliphatic heterocycles. The number of carbonyl (C=O) groups excluding carboxylic acids is 3. The highest BCUT2D eigenvalue weighted by atomic mass is 35.6. The standard InChI is InChI=1S/C18H17Cl3N2O5S/c1-16-8-17(16,15(26)28-9-18(19,20)21)23-13(25)12(14(23)29-16)22-11(24)7-27-10-5-3-2-4-6-10/h2-6,12,14H,7-9H2,1H3,(H,22,24)/t12?,14-,16?,17?/m1/s1. The first-order chi connectivity index (χ1) is 13.6. The number of para-hydroxylation sites is 1. The van der Waals surface area contributed by atoms with Crippen LogP contribution in [0.15, 0.2) is 30.3 Å². The largest absolute Gasteiger partial charge is 0.484 e. The Balaban J connectivity index is 1.36. The molecule has 7 nitrogen and oxygen atoms in total. The lowest BCUT2D eigenvalue weighted by Crippen LogP contribution is -2.72. The summed E-state index contributed by atoms with van der Waals surface area (Å²) in [6.45, 7) is 1.28. The fourth-order valence-corrected chi connectivity index (χ4v) is 5.92. The van der Waals surface area contributed by atoms with Gasteiger partial charge in [-0.05, 0) is 19.1 Å². The van der Waals surface area contributed by atoms with Crippen molar-refractivity contribution in [2.75, 3.05) is 13.2 Å². The fourth-order valence-electron chi connectivity index (χ4n) is 3.85. The van der Waals surface area contributed by atoms with Crippen LogP contribution in [0.3, 0.4) is 0 Å². The van der Waals surface area contributed by atoms with Crippen LogP contribution in [0.1, 0.15) is 13.3 Å². The molecule has 11 heteroatoms. The molecule has 1 aromatic rings. The number of hydrogen-bond donors (Lipinski definition) is 1. The molecule has 1 aliphatic carbocycles. The van der Waals surface area contributed by atoms with Gasteiger partial charge in [-0.2, -0.15) is 0 Å². The number of hydrogen-bond acceptors (Lipinski definition) is 6. The highest BCUT2D eigenvalue weighted by Crippen LogP contribution is 2.72. The Morgan fingerprint density at radius 2 is 2.00 bits per heavy atom. The van der Waals surface area contributed by atoms with Crippen molar-refractivity contribution in [1.29, 1.82) is 0 Å². The molecule has 1 aromatic carbocycles. The molecule has 1 saturated carbocycles. The first kappa shape index (κ1) is 20.9. The van der Waals surface area contributed by atoms with Crippen molar-refractivity contribution in [3.8, 4) is 5.75 Å². The third kappa shape index (κ3) is 3.54. The van der Waals surface area contributed by atoms with E-state index in [1.54, 1.807) is 24.3 Å². The van der Waals surface area contributed by atoms with Crippen molar-refractivity contribution in [3.05, 3.63) is 30.3 Å². The highest BCUT2D eigenvalue weighted by Gasteiger charge is 2.85. The van der Waals surface area contributed by atoms with Gasteiger partial charge in [0.1, 0.15) is 23.8 Å². The number of amides is 2. The van der Waals surface area contributed by atoms with Crippen molar-refractivity contribution in [3.63, 3.8) is 0 Å². The molecule has 2 heterocycles. The Morgan fingerprint density at radius 3 is 2.66 bits per heavy atom. The summed E-state index contributed by atoms with van der Waals surface area (Å²) in [6.07, 6.45) is 0.462. The van der Waals surface area contributed by atoms with E-state index in [0.29, 0.717) is 12.2 Å². The molecule has 4 rings (SSSR count). The van der Waals surface area contributed by atoms with E-state index in [4.69, 9.17) is 44.3 Å². The lowest BCUT2D eigenvalue weighted by molar-refractivity contribution is -0.166. The maximum Gasteiger partial charge on any atom is 0.333 e. The minimum Gasteiger partial charge on any atom is -0.484 e. The maximum atomic E-state index is 12.7. The number of benzene rings is 1. The minimum atomic E-state index is -1.73. The van der Waals surface area contributed by atoms with Crippen LogP contribution < -0.4 is 10.1 Å². The number of esters is 1. The molecule has 29 heavy (non-hydrogen) atoms. The molecule has 3 fully saturated rings. The van der Waals surface area contributed by atoms with E-state index in [1.807, 2.05) is 13.0 Å². The molecule has 156 valence electrons. The van der Waals surface area contributed by atoms with Crippen LogP contribution in [0.2, 0.25) is 0 Å². The van der Waals surface area contributed by atoms with Crippen molar-refractivity contribution in [1.82, 2.24) is 10.2 Å². The molecule has 2 amide bonds. The number of nitrogens with zero attached hydrogens (tertiary/aromatic N) is 1. The van der Waals surface area contributed by atoms with Gasteiger partial charge >= 0.3 is 5.97 Å². The number of carbonyl (C=O) groups is 3. The normalized spacial score (nSPS) is 32.0. The number of fused-ring (bicyclic) bond motifs is 3. The number of rotatable bonds is 6. The lowest BCUT2D eigenvalue weighted by atomic mass is 10.0. The lowest BCUT2D eigenvalue weighted by Gasteiger charge is -2.46. The summed E-state index contributed by atoms with van der Waals surface area (Å²) in [6, 6.07) is 8.18. The molecule has 0 aromatic heterocycles. The molecular weight excluding hydrogens is 463 g/mol. The summed E-state index contributed by atoms with van der Waals surface area (Å²) in [5.74, 6) is -0.774. The zero-order valence-corrected chi connectivity index (χ0v) is 18.3. The minimum absolute atomic E-state index is 0.209. The number of halogens is 3. The van der Waals surface area contributed by atoms with Crippen LogP contribution in [0.25, 0.3) is 0 Å². The number of alkyl halides is 3. The van der Waals surface area contributed by atoms with Crippen LogP contribution >= 0.6 is 46.6 Å². The van der Waals surface area contributed by atoms with Gasteiger partial charge < -0.3 is 19.7 Å². The van der Waals surface area contributed by atoms with Gasteiger partial charge in [-0.25, -0.2) is 4.79 Å². The van der Waals surface area contributed by atoms with Gasteiger partial charge in [0.05, 0.1) is 4.75 Å². The van der Waals surface area contributed by atoms with Crippen molar-refractivity contribution < 1.29 is 23.9 Å². The molecule has 3 aliphatic rings. The van der Waals surface area contributed by atoms with E-state index in [9.17, 15) is 14.4 Å². The second-order valence-electron chi connectivity index (χ2n) is 7.32.